The van der Waals surface area contributed by atoms with Gasteiger partial charge in [0.1, 0.15) is 11.6 Å². The number of anilines is 1. The number of halogens is 2. The standard InChI is InChI=1S/C24H24Cl2N2O2S/c1-24(2,3)30-23(29)19-12-31-20-10-13(14-5-4-6-17(25)21(14)26)9-15-16-11-27-8-7-18(16)28(19)22(15)20/h4-6,9-11,16,18-19H,7-8,12H2,1-3H3/t16-,18+,19?/m1/s1. The van der Waals surface area contributed by atoms with Gasteiger partial charge in [-0.25, -0.2) is 4.79 Å². The molecule has 5 rings (SSSR count). The largest absolute Gasteiger partial charge is 0.458 e. The van der Waals surface area contributed by atoms with Gasteiger partial charge in [-0.1, -0.05) is 35.3 Å². The number of thioether (sulfide) groups is 1. The van der Waals surface area contributed by atoms with Crippen molar-refractivity contribution in [3.63, 3.8) is 0 Å². The zero-order valence-corrected chi connectivity index (χ0v) is 20.0. The van der Waals surface area contributed by atoms with E-state index in [9.17, 15) is 4.79 Å². The average molecular weight is 475 g/mol. The van der Waals surface area contributed by atoms with Gasteiger partial charge in [-0.15, -0.1) is 11.8 Å². The van der Waals surface area contributed by atoms with Crippen molar-refractivity contribution < 1.29 is 9.53 Å². The van der Waals surface area contributed by atoms with E-state index in [1.54, 1.807) is 17.8 Å². The number of carbonyl (C=O) groups is 1. The molecule has 0 N–H and O–H groups in total. The molecule has 0 fully saturated rings. The van der Waals surface area contributed by atoms with Crippen LogP contribution in [0.1, 0.15) is 38.7 Å². The van der Waals surface area contributed by atoms with Crippen LogP contribution in [-0.4, -0.2) is 42.2 Å². The predicted octanol–water partition coefficient (Wildman–Crippen LogP) is 6.22. The number of nitrogens with zero attached hydrogens (tertiary/aromatic N) is 2. The summed E-state index contributed by atoms with van der Waals surface area (Å²) in [6, 6.07) is 10.0. The second kappa shape index (κ2) is 7.72. The number of fused-ring (bicyclic) bond motifs is 3. The maximum Gasteiger partial charge on any atom is 0.330 e. The van der Waals surface area contributed by atoms with Gasteiger partial charge in [0.2, 0.25) is 0 Å². The second-order valence-electron chi connectivity index (χ2n) is 9.22. The summed E-state index contributed by atoms with van der Waals surface area (Å²) in [5, 5.41) is 1.11. The summed E-state index contributed by atoms with van der Waals surface area (Å²) in [7, 11) is 0. The monoisotopic (exact) mass is 474 g/mol. The van der Waals surface area contributed by atoms with E-state index in [1.165, 1.54) is 10.5 Å². The van der Waals surface area contributed by atoms with E-state index in [0.717, 1.165) is 29.8 Å². The van der Waals surface area contributed by atoms with Gasteiger partial charge in [-0.3, -0.25) is 4.99 Å². The van der Waals surface area contributed by atoms with Crippen LogP contribution in [0.3, 0.4) is 0 Å². The fraction of sp³-hybridized carbons (Fsp3) is 0.417. The Labute approximate surface area is 197 Å². The number of esters is 1. The summed E-state index contributed by atoms with van der Waals surface area (Å²) in [6.07, 6.45) is 2.98. The molecule has 0 bridgehead atoms. The lowest BCUT2D eigenvalue weighted by molar-refractivity contribution is -0.156. The third kappa shape index (κ3) is 3.65. The zero-order chi connectivity index (χ0) is 21.9. The summed E-state index contributed by atoms with van der Waals surface area (Å²) in [4.78, 5) is 21.2. The van der Waals surface area contributed by atoms with Crippen molar-refractivity contribution in [2.75, 3.05) is 17.2 Å². The topological polar surface area (TPSA) is 41.9 Å². The van der Waals surface area contributed by atoms with Crippen LogP contribution >= 0.6 is 35.0 Å². The number of rotatable bonds is 2. The highest BCUT2D eigenvalue weighted by Crippen LogP contribution is 2.53. The van der Waals surface area contributed by atoms with E-state index >= 15 is 0 Å². The number of ether oxygens (including phenoxy) is 1. The molecule has 7 heteroatoms. The highest BCUT2D eigenvalue weighted by atomic mass is 35.5. The molecule has 0 aromatic heterocycles. The summed E-state index contributed by atoms with van der Waals surface area (Å²) >= 11 is 14.5. The van der Waals surface area contributed by atoms with Crippen LogP contribution in [0.25, 0.3) is 11.1 Å². The second-order valence-corrected chi connectivity index (χ2v) is 11.1. The molecule has 3 atom stereocenters. The van der Waals surface area contributed by atoms with Gasteiger partial charge in [-0.05, 0) is 56.5 Å². The minimum atomic E-state index is -0.509. The first-order valence-corrected chi connectivity index (χ1v) is 12.2. The van der Waals surface area contributed by atoms with E-state index in [4.69, 9.17) is 27.9 Å². The normalized spacial score (nSPS) is 24.0. The molecule has 0 saturated heterocycles. The maximum absolute atomic E-state index is 13.1. The van der Waals surface area contributed by atoms with Crippen LogP contribution in [0.5, 0.6) is 0 Å². The summed E-state index contributed by atoms with van der Waals surface area (Å²) in [6.45, 7) is 6.53. The quantitative estimate of drug-likeness (QED) is 0.484. The molecule has 0 saturated carbocycles. The number of aliphatic imine (C=N–C) groups is 1. The lowest BCUT2D eigenvalue weighted by Gasteiger charge is -2.40. The lowest BCUT2D eigenvalue weighted by atomic mass is 9.90. The molecule has 0 aliphatic carbocycles. The number of hydrogen-bond donors (Lipinski definition) is 0. The zero-order valence-electron chi connectivity index (χ0n) is 17.7. The fourth-order valence-electron chi connectivity index (χ4n) is 4.78. The molecule has 2 aromatic rings. The summed E-state index contributed by atoms with van der Waals surface area (Å²) < 4.78 is 5.79. The fourth-order valence-corrected chi connectivity index (χ4v) is 6.39. The van der Waals surface area contributed by atoms with Crippen molar-refractivity contribution >= 4 is 52.8 Å². The van der Waals surface area contributed by atoms with Gasteiger partial charge in [-0.2, -0.15) is 0 Å². The summed E-state index contributed by atoms with van der Waals surface area (Å²) in [5.41, 5.74) is 3.82. The van der Waals surface area contributed by atoms with Crippen molar-refractivity contribution in [3.8, 4) is 11.1 Å². The Balaban J connectivity index is 1.63. The average Bonchev–Trinajstić information content (AvgIpc) is 3.05. The van der Waals surface area contributed by atoms with E-state index in [-0.39, 0.29) is 24.0 Å². The number of hydrogen-bond acceptors (Lipinski definition) is 5. The molecule has 3 aliphatic rings. The van der Waals surface area contributed by atoms with Gasteiger partial charge in [0, 0.05) is 40.9 Å². The first-order valence-electron chi connectivity index (χ1n) is 10.5. The molecular weight excluding hydrogens is 451 g/mol. The molecule has 0 amide bonds. The minimum Gasteiger partial charge on any atom is -0.458 e. The Kier molecular flexibility index (Phi) is 5.27. The van der Waals surface area contributed by atoms with Gasteiger partial charge in [0.15, 0.2) is 0 Å². The Bertz CT molecular complexity index is 1100. The number of benzene rings is 2. The number of carbonyl (C=O) groups excluding carboxylic acids is 1. The molecule has 162 valence electrons. The van der Waals surface area contributed by atoms with E-state index in [1.807, 2.05) is 32.9 Å². The Morgan fingerprint density at radius 2 is 2.06 bits per heavy atom. The molecule has 3 aliphatic heterocycles. The van der Waals surface area contributed by atoms with E-state index in [2.05, 4.69) is 28.2 Å². The third-order valence-corrected chi connectivity index (χ3v) is 7.91. The summed E-state index contributed by atoms with van der Waals surface area (Å²) in [5.74, 6) is 0.667. The van der Waals surface area contributed by atoms with Gasteiger partial charge < -0.3 is 9.64 Å². The van der Waals surface area contributed by atoms with Crippen LogP contribution < -0.4 is 4.90 Å². The molecule has 4 nitrogen and oxygen atoms in total. The third-order valence-electron chi connectivity index (χ3n) is 5.99. The molecular formula is C24H24Cl2N2O2S. The van der Waals surface area contributed by atoms with Crippen LogP contribution in [0.2, 0.25) is 10.0 Å². The van der Waals surface area contributed by atoms with Gasteiger partial charge >= 0.3 is 5.97 Å². The minimum absolute atomic E-state index is 0.151. The molecule has 1 unspecified atom stereocenters. The first-order chi connectivity index (χ1) is 14.7. The van der Waals surface area contributed by atoms with Crippen molar-refractivity contribution in [3.05, 3.63) is 45.9 Å². The van der Waals surface area contributed by atoms with Crippen LogP contribution in [0, 0.1) is 0 Å². The van der Waals surface area contributed by atoms with E-state index in [0.29, 0.717) is 15.8 Å². The SMILES string of the molecule is CC(C)(C)OC(=O)C1CSc2cc(-c3cccc(Cl)c3Cl)cc3c2N1[C@H]1CCN=C[C@H]31. The van der Waals surface area contributed by atoms with Crippen molar-refractivity contribution in [2.45, 2.75) is 55.7 Å². The molecule has 2 aromatic carbocycles. The Hall–Kier alpha value is -1.69. The van der Waals surface area contributed by atoms with Crippen molar-refractivity contribution in [1.82, 2.24) is 0 Å². The molecule has 0 radical (unpaired) electrons. The van der Waals surface area contributed by atoms with Crippen LogP contribution in [0.15, 0.2) is 40.2 Å². The Morgan fingerprint density at radius 1 is 1.26 bits per heavy atom. The smallest absolute Gasteiger partial charge is 0.330 e. The van der Waals surface area contributed by atoms with E-state index < -0.39 is 5.60 Å². The maximum atomic E-state index is 13.1. The lowest BCUT2D eigenvalue weighted by Crippen LogP contribution is -2.52. The first kappa shape index (κ1) is 21.2. The van der Waals surface area contributed by atoms with Crippen LogP contribution in [-0.2, 0) is 9.53 Å². The highest BCUT2D eigenvalue weighted by molar-refractivity contribution is 7.99. The van der Waals surface area contributed by atoms with Crippen LogP contribution in [0.4, 0.5) is 5.69 Å². The Morgan fingerprint density at radius 3 is 2.84 bits per heavy atom. The van der Waals surface area contributed by atoms with Crippen molar-refractivity contribution in [1.29, 1.82) is 0 Å². The highest BCUT2D eigenvalue weighted by Gasteiger charge is 2.48. The molecule has 3 heterocycles. The van der Waals surface area contributed by atoms with Gasteiger partial charge in [0.05, 0.1) is 15.7 Å². The molecule has 0 spiro atoms. The molecule has 31 heavy (non-hydrogen) atoms. The van der Waals surface area contributed by atoms with Gasteiger partial charge in [0.25, 0.3) is 0 Å². The van der Waals surface area contributed by atoms with Crippen molar-refractivity contribution in [2.24, 2.45) is 4.99 Å². The predicted molar refractivity (Wildman–Crippen MR) is 129 cm³/mol.